The van der Waals surface area contributed by atoms with Crippen molar-refractivity contribution in [2.45, 2.75) is 42.4 Å². The van der Waals surface area contributed by atoms with E-state index in [-0.39, 0.29) is 22.6 Å². The maximum Gasteiger partial charge on any atom is 0.273 e. The maximum atomic E-state index is 12.2. The van der Waals surface area contributed by atoms with Gasteiger partial charge in [-0.1, -0.05) is 18.9 Å². The minimum atomic E-state index is -3.82. The molecule has 1 aromatic heterocycles. The second kappa shape index (κ2) is 6.00. The number of sulfonamides is 1. The smallest absolute Gasteiger partial charge is 0.273 e. The third-order valence-electron chi connectivity index (χ3n) is 4.29. The van der Waals surface area contributed by atoms with Crippen molar-refractivity contribution >= 4 is 33.2 Å². The van der Waals surface area contributed by atoms with Gasteiger partial charge < -0.3 is 4.90 Å². The van der Waals surface area contributed by atoms with E-state index < -0.39 is 21.8 Å². The van der Waals surface area contributed by atoms with E-state index >= 15 is 0 Å². The predicted octanol–water partition coefficient (Wildman–Crippen LogP) is 1.34. The van der Waals surface area contributed by atoms with Crippen LogP contribution in [0.5, 0.6) is 0 Å². The zero-order chi connectivity index (χ0) is 15.7. The van der Waals surface area contributed by atoms with Crippen molar-refractivity contribution in [3.05, 3.63) is 17.5 Å². The fourth-order valence-electron chi connectivity index (χ4n) is 3.16. The number of rotatable bonds is 4. The van der Waals surface area contributed by atoms with Crippen molar-refractivity contribution in [1.82, 2.24) is 9.62 Å². The van der Waals surface area contributed by atoms with E-state index in [1.165, 1.54) is 6.07 Å². The summed E-state index contributed by atoms with van der Waals surface area (Å²) in [6.07, 6.45) is 4.28. The van der Waals surface area contributed by atoms with Crippen molar-refractivity contribution in [3.63, 3.8) is 0 Å². The average Bonchev–Trinajstić information content (AvgIpc) is 3.19. The summed E-state index contributed by atoms with van der Waals surface area (Å²) in [5, 5.41) is 1.64. The van der Waals surface area contributed by atoms with Crippen LogP contribution in [0.25, 0.3) is 0 Å². The van der Waals surface area contributed by atoms with Crippen LogP contribution in [-0.4, -0.2) is 37.7 Å². The summed E-state index contributed by atoms with van der Waals surface area (Å²) >= 11 is 1.06. The van der Waals surface area contributed by atoms with Crippen LogP contribution in [0.4, 0.5) is 0 Å². The van der Waals surface area contributed by atoms with Crippen molar-refractivity contribution < 1.29 is 18.0 Å². The number of hydrogen-bond donors (Lipinski definition) is 1. The molecule has 120 valence electrons. The molecule has 1 saturated carbocycles. The minimum absolute atomic E-state index is 0.0411. The van der Waals surface area contributed by atoms with Crippen LogP contribution in [-0.2, 0) is 19.6 Å². The Kier molecular flexibility index (Phi) is 4.22. The standard InChI is InChI=1S/C14H18N2O4S2/c17-12-8-10(9-16(12)11-4-1-2-5-11)14(18)15-22(19,20)13-6-3-7-21-13/h3,6-7,10-11H,1-2,4-5,8-9H2,(H,15,18)/t10-/m0/s1. The zero-order valence-electron chi connectivity index (χ0n) is 12.0. The number of nitrogens with zero attached hydrogens (tertiary/aromatic N) is 1. The Balaban J connectivity index is 1.65. The Morgan fingerprint density at radius 1 is 1.32 bits per heavy atom. The molecule has 22 heavy (non-hydrogen) atoms. The van der Waals surface area contributed by atoms with Gasteiger partial charge >= 0.3 is 0 Å². The van der Waals surface area contributed by atoms with Crippen LogP contribution in [0.2, 0.25) is 0 Å². The average molecular weight is 342 g/mol. The summed E-state index contributed by atoms with van der Waals surface area (Å²) in [6.45, 7) is 0.329. The highest BCUT2D eigenvalue weighted by Gasteiger charge is 2.39. The van der Waals surface area contributed by atoms with E-state index in [1.54, 1.807) is 16.3 Å². The first-order valence-corrected chi connectivity index (χ1v) is 9.73. The highest BCUT2D eigenvalue weighted by molar-refractivity contribution is 7.92. The largest absolute Gasteiger partial charge is 0.339 e. The van der Waals surface area contributed by atoms with Gasteiger partial charge in [0.15, 0.2) is 0 Å². The third kappa shape index (κ3) is 3.03. The number of likely N-dealkylation sites (tertiary alicyclic amines) is 1. The molecule has 0 bridgehead atoms. The number of nitrogens with one attached hydrogen (secondary N) is 1. The summed E-state index contributed by atoms with van der Waals surface area (Å²) in [4.78, 5) is 26.0. The van der Waals surface area contributed by atoms with Gasteiger partial charge in [-0.05, 0) is 24.3 Å². The molecule has 2 aliphatic rings. The van der Waals surface area contributed by atoms with E-state index in [1.807, 2.05) is 0 Å². The molecule has 8 heteroatoms. The van der Waals surface area contributed by atoms with Gasteiger partial charge in [0.1, 0.15) is 4.21 Å². The molecular formula is C14H18N2O4S2. The second-order valence-electron chi connectivity index (χ2n) is 5.79. The van der Waals surface area contributed by atoms with E-state index in [0.717, 1.165) is 37.0 Å². The predicted molar refractivity (Wildman–Crippen MR) is 81.7 cm³/mol. The Bertz CT molecular complexity index is 663. The topological polar surface area (TPSA) is 83.5 Å². The summed E-state index contributed by atoms with van der Waals surface area (Å²) in [7, 11) is -3.82. The van der Waals surface area contributed by atoms with Crippen LogP contribution in [0.3, 0.4) is 0 Å². The van der Waals surface area contributed by atoms with Gasteiger partial charge in [-0.25, -0.2) is 13.1 Å². The molecule has 0 spiro atoms. The molecule has 3 rings (SSSR count). The first kappa shape index (κ1) is 15.5. The lowest BCUT2D eigenvalue weighted by molar-refractivity contribution is -0.130. The SMILES string of the molecule is O=C(NS(=O)(=O)c1cccs1)[C@H]1CC(=O)N(C2CCCC2)C1. The van der Waals surface area contributed by atoms with Gasteiger partial charge in [-0.15, -0.1) is 11.3 Å². The molecule has 1 N–H and O–H groups in total. The van der Waals surface area contributed by atoms with Crippen LogP contribution in [0.1, 0.15) is 32.1 Å². The van der Waals surface area contributed by atoms with Crippen molar-refractivity contribution in [3.8, 4) is 0 Å². The number of hydrogen-bond acceptors (Lipinski definition) is 5. The molecule has 2 fully saturated rings. The van der Waals surface area contributed by atoms with Crippen molar-refractivity contribution in [1.29, 1.82) is 0 Å². The Labute approximate surface area is 133 Å². The van der Waals surface area contributed by atoms with Gasteiger partial charge in [0.25, 0.3) is 10.0 Å². The number of thiophene rings is 1. The molecule has 0 aromatic carbocycles. The number of carbonyl (C=O) groups is 2. The van der Waals surface area contributed by atoms with E-state index in [9.17, 15) is 18.0 Å². The third-order valence-corrected chi connectivity index (χ3v) is 7.03. The summed E-state index contributed by atoms with van der Waals surface area (Å²) in [5.41, 5.74) is 0. The lowest BCUT2D eigenvalue weighted by atomic mass is 10.1. The normalized spacial score (nSPS) is 23.2. The minimum Gasteiger partial charge on any atom is -0.339 e. The second-order valence-corrected chi connectivity index (χ2v) is 8.64. The van der Waals surface area contributed by atoms with Gasteiger partial charge in [-0.3, -0.25) is 9.59 Å². The van der Waals surface area contributed by atoms with E-state index in [4.69, 9.17) is 0 Å². The lowest BCUT2D eigenvalue weighted by Gasteiger charge is -2.23. The Hall–Kier alpha value is -1.41. The number of amides is 2. The zero-order valence-corrected chi connectivity index (χ0v) is 13.7. The van der Waals surface area contributed by atoms with Crippen molar-refractivity contribution in [2.24, 2.45) is 5.92 Å². The first-order valence-electron chi connectivity index (χ1n) is 7.37. The summed E-state index contributed by atoms with van der Waals surface area (Å²) in [6, 6.07) is 3.29. The molecule has 1 saturated heterocycles. The summed E-state index contributed by atoms with van der Waals surface area (Å²) < 4.78 is 26.3. The lowest BCUT2D eigenvalue weighted by Crippen LogP contribution is -2.38. The van der Waals surface area contributed by atoms with Crippen LogP contribution in [0.15, 0.2) is 21.7 Å². The molecule has 1 atom stereocenters. The number of carbonyl (C=O) groups excluding carboxylic acids is 2. The van der Waals surface area contributed by atoms with Gasteiger partial charge in [0.05, 0.1) is 5.92 Å². The quantitative estimate of drug-likeness (QED) is 0.895. The van der Waals surface area contributed by atoms with E-state index in [2.05, 4.69) is 4.72 Å². The van der Waals surface area contributed by atoms with Gasteiger partial charge in [0.2, 0.25) is 11.8 Å². The fraction of sp³-hybridized carbons (Fsp3) is 0.571. The maximum absolute atomic E-state index is 12.2. The highest BCUT2D eigenvalue weighted by Crippen LogP contribution is 2.29. The van der Waals surface area contributed by atoms with Crippen LogP contribution >= 0.6 is 11.3 Å². The van der Waals surface area contributed by atoms with Gasteiger partial charge in [0, 0.05) is 19.0 Å². The molecular weight excluding hydrogens is 324 g/mol. The molecule has 1 aliphatic carbocycles. The molecule has 1 aliphatic heterocycles. The van der Waals surface area contributed by atoms with Crippen molar-refractivity contribution in [2.75, 3.05) is 6.54 Å². The summed E-state index contributed by atoms with van der Waals surface area (Å²) in [5.74, 6) is -1.20. The highest BCUT2D eigenvalue weighted by atomic mass is 32.2. The van der Waals surface area contributed by atoms with Gasteiger partial charge in [-0.2, -0.15) is 0 Å². The van der Waals surface area contributed by atoms with Crippen LogP contribution in [0, 0.1) is 5.92 Å². The Morgan fingerprint density at radius 3 is 2.68 bits per heavy atom. The molecule has 2 heterocycles. The van der Waals surface area contributed by atoms with E-state index in [0.29, 0.717) is 6.54 Å². The molecule has 2 amide bonds. The molecule has 0 radical (unpaired) electrons. The fourth-order valence-corrected chi connectivity index (χ4v) is 5.20. The first-order chi connectivity index (χ1) is 10.5. The van der Waals surface area contributed by atoms with Crippen LogP contribution < -0.4 is 4.72 Å². The molecule has 1 aromatic rings. The monoisotopic (exact) mass is 342 g/mol. The molecule has 6 nitrogen and oxygen atoms in total. The molecule has 0 unspecified atom stereocenters. The Morgan fingerprint density at radius 2 is 2.05 bits per heavy atom.